The molecule has 0 unspecified atom stereocenters. The standard InChI is InChI=1S/C7H7F3N2OS/c1-2-14-4-3-5(7(8,9)10)11-12-6(4)13/h3H,2H2,1H3,(H,12,13). The van der Waals surface area contributed by atoms with Gasteiger partial charge >= 0.3 is 6.18 Å². The zero-order valence-corrected chi connectivity index (χ0v) is 8.00. The predicted molar refractivity (Wildman–Crippen MR) is 46.3 cm³/mol. The third-order valence-corrected chi connectivity index (χ3v) is 2.26. The maximum Gasteiger partial charge on any atom is 0.435 e. The van der Waals surface area contributed by atoms with Gasteiger partial charge < -0.3 is 0 Å². The highest BCUT2D eigenvalue weighted by atomic mass is 32.2. The van der Waals surface area contributed by atoms with Gasteiger partial charge in [-0.1, -0.05) is 6.92 Å². The lowest BCUT2D eigenvalue weighted by Crippen LogP contribution is -2.17. The van der Waals surface area contributed by atoms with Crippen molar-refractivity contribution in [2.75, 3.05) is 5.75 Å². The van der Waals surface area contributed by atoms with Crippen LogP contribution in [0.3, 0.4) is 0 Å². The molecule has 1 rings (SSSR count). The molecule has 7 heteroatoms. The van der Waals surface area contributed by atoms with Crippen LogP contribution < -0.4 is 5.56 Å². The van der Waals surface area contributed by atoms with Gasteiger partial charge in [0, 0.05) is 0 Å². The van der Waals surface area contributed by atoms with Crippen molar-refractivity contribution in [1.82, 2.24) is 10.2 Å². The first-order chi connectivity index (χ1) is 6.45. The summed E-state index contributed by atoms with van der Waals surface area (Å²) in [4.78, 5) is 11.0. The average Bonchev–Trinajstić information content (AvgIpc) is 2.07. The van der Waals surface area contributed by atoms with Crippen LogP contribution >= 0.6 is 11.8 Å². The lowest BCUT2D eigenvalue weighted by atomic mass is 10.4. The second-order valence-electron chi connectivity index (χ2n) is 2.38. The Labute approximate surface area is 81.7 Å². The molecule has 1 aromatic rings. The molecule has 0 saturated carbocycles. The minimum Gasteiger partial charge on any atom is -0.267 e. The minimum atomic E-state index is -4.52. The number of rotatable bonds is 2. The maximum absolute atomic E-state index is 12.1. The summed E-state index contributed by atoms with van der Waals surface area (Å²) in [7, 11) is 0. The van der Waals surface area contributed by atoms with E-state index in [0.717, 1.165) is 17.8 Å². The Hall–Kier alpha value is -0.980. The van der Waals surface area contributed by atoms with Crippen LogP contribution in [0.4, 0.5) is 13.2 Å². The van der Waals surface area contributed by atoms with E-state index in [1.165, 1.54) is 0 Å². The molecule has 0 spiro atoms. The third-order valence-electron chi connectivity index (χ3n) is 1.36. The Morgan fingerprint density at radius 2 is 2.21 bits per heavy atom. The first kappa shape index (κ1) is 11.1. The second kappa shape index (κ2) is 4.04. The lowest BCUT2D eigenvalue weighted by molar-refractivity contribution is -0.142. The number of nitrogens with one attached hydrogen (secondary N) is 1. The summed E-state index contributed by atoms with van der Waals surface area (Å²) in [6.45, 7) is 1.75. The molecule has 0 aromatic carbocycles. The van der Waals surface area contributed by atoms with Gasteiger partial charge in [-0.15, -0.1) is 11.8 Å². The largest absolute Gasteiger partial charge is 0.435 e. The van der Waals surface area contributed by atoms with Crippen molar-refractivity contribution in [2.24, 2.45) is 0 Å². The number of halogens is 3. The molecule has 3 nitrogen and oxygen atoms in total. The second-order valence-corrected chi connectivity index (χ2v) is 3.68. The van der Waals surface area contributed by atoms with Crippen LogP contribution in [0, 0.1) is 0 Å². The van der Waals surface area contributed by atoms with E-state index in [4.69, 9.17) is 0 Å². The highest BCUT2D eigenvalue weighted by Gasteiger charge is 2.33. The summed E-state index contributed by atoms with van der Waals surface area (Å²) >= 11 is 1.05. The van der Waals surface area contributed by atoms with Crippen LogP contribution in [0.15, 0.2) is 15.8 Å². The van der Waals surface area contributed by atoms with Gasteiger partial charge in [0.1, 0.15) is 0 Å². The lowest BCUT2D eigenvalue weighted by Gasteiger charge is -2.05. The van der Waals surface area contributed by atoms with Crippen LogP contribution in [0.25, 0.3) is 0 Å². The zero-order chi connectivity index (χ0) is 10.8. The van der Waals surface area contributed by atoms with Crippen LogP contribution in [-0.4, -0.2) is 16.0 Å². The molecule has 0 saturated heterocycles. The number of alkyl halides is 3. The number of thioether (sulfide) groups is 1. The van der Waals surface area contributed by atoms with Crippen LogP contribution in [0.2, 0.25) is 0 Å². The summed E-state index contributed by atoms with van der Waals surface area (Å²) < 4.78 is 36.4. The van der Waals surface area contributed by atoms with Gasteiger partial charge in [0.2, 0.25) is 0 Å². The zero-order valence-electron chi connectivity index (χ0n) is 7.18. The summed E-state index contributed by atoms with van der Waals surface area (Å²) in [6.07, 6.45) is -4.52. The highest BCUT2D eigenvalue weighted by molar-refractivity contribution is 7.99. The molecule has 0 fully saturated rings. The number of aromatic nitrogens is 2. The molecular formula is C7H7F3N2OS. The van der Waals surface area contributed by atoms with Crippen molar-refractivity contribution in [2.45, 2.75) is 18.0 Å². The Bertz CT molecular complexity index is 374. The van der Waals surface area contributed by atoms with E-state index in [-0.39, 0.29) is 4.90 Å². The topological polar surface area (TPSA) is 45.8 Å². The summed E-state index contributed by atoms with van der Waals surface area (Å²) in [5, 5.41) is 4.73. The fourth-order valence-electron chi connectivity index (χ4n) is 0.796. The Balaban J connectivity index is 3.13. The summed E-state index contributed by atoms with van der Waals surface area (Å²) in [6, 6.07) is 0.757. The first-order valence-corrected chi connectivity index (χ1v) is 4.73. The van der Waals surface area contributed by atoms with Crippen molar-refractivity contribution < 1.29 is 13.2 Å². The van der Waals surface area contributed by atoms with Crippen molar-refractivity contribution in [3.63, 3.8) is 0 Å². The number of nitrogens with zero attached hydrogens (tertiary/aromatic N) is 1. The van der Waals surface area contributed by atoms with Crippen LogP contribution in [0.5, 0.6) is 0 Å². The molecule has 1 N–H and O–H groups in total. The molecule has 0 aliphatic rings. The minimum absolute atomic E-state index is 0.0369. The molecule has 0 radical (unpaired) electrons. The van der Waals surface area contributed by atoms with Crippen molar-refractivity contribution in [3.8, 4) is 0 Å². The Kier molecular flexibility index (Phi) is 3.20. The van der Waals surface area contributed by atoms with E-state index in [0.29, 0.717) is 5.75 Å². The molecule has 0 atom stereocenters. The van der Waals surface area contributed by atoms with Crippen molar-refractivity contribution >= 4 is 11.8 Å². The molecule has 78 valence electrons. The number of hydrogen-bond donors (Lipinski definition) is 1. The maximum atomic E-state index is 12.1. The SMILES string of the molecule is CCSc1cc(C(F)(F)F)n[nH]c1=O. The van der Waals surface area contributed by atoms with Gasteiger partial charge in [0.15, 0.2) is 5.69 Å². The molecular weight excluding hydrogens is 217 g/mol. The van der Waals surface area contributed by atoms with E-state index in [2.05, 4.69) is 5.10 Å². The van der Waals surface area contributed by atoms with E-state index in [9.17, 15) is 18.0 Å². The molecule has 0 aliphatic carbocycles. The van der Waals surface area contributed by atoms with Crippen LogP contribution in [-0.2, 0) is 6.18 Å². The number of aromatic amines is 1. The quantitative estimate of drug-likeness (QED) is 0.780. The third kappa shape index (κ3) is 2.50. The monoisotopic (exact) mass is 224 g/mol. The highest BCUT2D eigenvalue weighted by Crippen LogP contribution is 2.28. The fraction of sp³-hybridized carbons (Fsp3) is 0.429. The van der Waals surface area contributed by atoms with Gasteiger partial charge in [-0.3, -0.25) is 4.79 Å². The smallest absolute Gasteiger partial charge is 0.267 e. The summed E-state index contributed by atoms with van der Waals surface area (Å²) in [5.74, 6) is 0.532. The molecule has 14 heavy (non-hydrogen) atoms. The fourth-order valence-corrected chi connectivity index (χ4v) is 1.48. The average molecular weight is 224 g/mol. The van der Waals surface area contributed by atoms with Gasteiger partial charge in [-0.05, 0) is 11.8 Å². The molecule has 1 heterocycles. The van der Waals surface area contributed by atoms with E-state index in [1.54, 1.807) is 6.92 Å². The van der Waals surface area contributed by atoms with Crippen LogP contribution in [0.1, 0.15) is 12.6 Å². The molecule has 0 amide bonds. The van der Waals surface area contributed by atoms with Gasteiger partial charge in [-0.2, -0.15) is 18.3 Å². The Morgan fingerprint density at radius 3 is 2.71 bits per heavy atom. The van der Waals surface area contributed by atoms with E-state index >= 15 is 0 Å². The van der Waals surface area contributed by atoms with E-state index < -0.39 is 17.4 Å². The van der Waals surface area contributed by atoms with Gasteiger partial charge in [0.25, 0.3) is 5.56 Å². The molecule has 1 aromatic heterocycles. The van der Waals surface area contributed by atoms with E-state index in [1.807, 2.05) is 5.10 Å². The van der Waals surface area contributed by atoms with Gasteiger partial charge in [-0.25, -0.2) is 5.10 Å². The predicted octanol–water partition coefficient (Wildman–Crippen LogP) is 1.90. The number of hydrogen-bond acceptors (Lipinski definition) is 3. The molecule has 0 aliphatic heterocycles. The van der Waals surface area contributed by atoms with Gasteiger partial charge in [0.05, 0.1) is 4.90 Å². The summed E-state index contributed by atoms with van der Waals surface area (Å²) in [5.41, 5.74) is -1.67. The number of H-pyrrole nitrogens is 1. The van der Waals surface area contributed by atoms with Crippen molar-refractivity contribution in [3.05, 3.63) is 22.1 Å². The first-order valence-electron chi connectivity index (χ1n) is 3.75. The normalized spacial score (nSPS) is 11.7. The van der Waals surface area contributed by atoms with Crippen molar-refractivity contribution in [1.29, 1.82) is 0 Å². The Morgan fingerprint density at radius 1 is 1.57 bits per heavy atom. The molecule has 0 bridgehead atoms.